The van der Waals surface area contributed by atoms with E-state index in [1.165, 1.54) is 27.7 Å². The number of fused-ring (bicyclic) bond motifs is 1. The van der Waals surface area contributed by atoms with Gasteiger partial charge >= 0.3 is 0 Å². The third kappa shape index (κ3) is 2.72. The van der Waals surface area contributed by atoms with Gasteiger partial charge < -0.3 is 5.32 Å². The lowest BCUT2D eigenvalue weighted by molar-refractivity contribution is 0.460. The molecule has 2 aromatic heterocycles. The first-order valence-corrected chi connectivity index (χ1v) is 8.55. The van der Waals surface area contributed by atoms with E-state index in [-0.39, 0.29) is 0 Å². The van der Waals surface area contributed by atoms with Crippen LogP contribution in [0.3, 0.4) is 0 Å². The first kappa shape index (κ1) is 12.1. The van der Waals surface area contributed by atoms with Crippen LogP contribution in [0.15, 0.2) is 17.0 Å². The molecule has 2 heterocycles. The predicted molar refractivity (Wildman–Crippen MR) is 81.7 cm³/mol. The number of aryl methyl sites for hydroxylation is 1. The SMILES string of the molecule is Ic1cc2c(s1)CCCC2NCc1cscn1. The number of halogens is 1. The van der Waals surface area contributed by atoms with Gasteiger partial charge in [0.05, 0.1) is 14.1 Å². The molecule has 0 aliphatic heterocycles. The Bertz CT molecular complexity index is 493. The van der Waals surface area contributed by atoms with Crippen molar-refractivity contribution in [2.45, 2.75) is 31.8 Å². The molecule has 0 aromatic carbocycles. The predicted octanol–water partition coefficient (Wildman–Crippen LogP) is 3.98. The topological polar surface area (TPSA) is 24.9 Å². The summed E-state index contributed by atoms with van der Waals surface area (Å²) in [6.07, 6.45) is 3.82. The Kier molecular flexibility index (Phi) is 3.79. The maximum atomic E-state index is 4.32. The van der Waals surface area contributed by atoms with Crippen LogP contribution in [0.1, 0.15) is 35.0 Å². The van der Waals surface area contributed by atoms with Gasteiger partial charge in [-0.05, 0) is 53.5 Å². The summed E-state index contributed by atoms with van der Waals surface area (Å²) < 4.78 is 1.41. The number of nitrogens with zero attached hydrogens (tertiary/aromatic N) is 1. The number of hydrogen-bond acceptors (Lipinski definition) is 4. The second-order valence-electron chi connectivity index (χ2n) is 4.23. The molecule has 5 heteroatoms. The molecule has 0 saturated carbocycles. The molecule has 1 aliphatic rings. The van der Waals surface area contributed by atoms with Gasteiger partial charge in [-0.25, -0.2) is 4.98 Å². The Morgan fingerprint density at radius 2 is 2.47 bits per heavy atom. The molecular weight excluding hydrogens is 363 g/mol. The van der Waals surface area contributed by atoms with E-state index in [0.29, 0.717) is 6.04 Å². The van der Waals surface area contributed by atoms with E-state index in [1.807, 2.05) is 16.8 Å². The van der Waals surface area contributed by atoms with E-state index >= 15 is 0 Å². The standard InChI is InChI=1S/C12H13IN2S2/c13-12-4-9-10(2-1-3-11(9)17-12)14-5-8-6-16-7-15-8/h4,6-7,10,14H,1-3,5H2. The molecule has 0 saturated heterocycles. The quantitative estimate of drug-likeness (QED) is 0.820. The minimum absolute atomic E-state index is 0.528. The first-order chi connectivity index (χ1) is 8.33. The Balaban J connectivity index is 1.72. The molecule has 90 valence electrons. The van der Waals surface area contributed by atoms with Crippen LogP contribution in [-0.2, 0) is 13.0 Å². The van der Waals surface area contributed by atoms with Crippen molar-refractivity contribution in [2.24, 2.45) is 0 Å². The van der Waals surface area contributed by atoms with Crippen LogP contribution in [0.25, 0.3) is 0 Å². The summed E-state index contributed by atoms with van der Waals surface area (Å²) in [5.74, 6) is 0. The Morgan fingerprint density at radius 1 is 1.53 bits per heavy atom. The summed E-state index contributed by atoms with van der Waals surface area (Å²) in [4.78, 5) is 5.90. The molecule has 0 radical (unpaired) electrons. The van der Waals surface area contributed by atoms with Gasteiger partial charge in [0, 0.05) is 22.8 Å². The van der Waals surface area contributed by atoms with E-state index in [9.17, 15) is 0 Å². The lowest BCUT2D eigenvalue weighted by Crippen LogP contribution is -2.23. The zero-order valence-electron chi connectivity index (χ0n) is 9.28. The number of hydrogen-bond donors (Lipinski definition) is 1. The molecular formula is C12H13IN2S2. The van der Waals surface area contributed by atoms with Crippen molar-refractivity contribution in [1.29, 1.82) is 0 Å². The van der Waals surface area contributed by atoms with Crippen molar-refractivity contribution in [1.82, 2.24) is 10.3 Å². The van der Waals surface area contributed by atoms with Crippen LogP contribution < -0.4 is 5.32 Å². The van der Waals surface area contributed by atoms with Crippen LogP contribution in [0.2, 0.25) is 0 Å². The highest BCUT2D eigenvalue weighted by molar-refractivity contribution is 14.1. The second-order valence-corrected chi connectivity index (χ2v) is 7.98. The Morgan fingerprint density at radius 3 is 3.29 bits per heavy atom. The molecule has 1 atom stereocenters. The summed E-state index contributed by atoms with van der Waals surface area (Å²) >= 11 is 6.05. The lowest BCUT2D eigenvalue weighted by atomic mass is 9.94. The number of thiophene rings is 1. The van der Waals surface area contributed by atoms with Crippen molar-refractivity contribution >= 4 is 45.3 Å². The van der Waals surface area contributed by atoms with E-state index in [4.69, 9.17) is 0 Å². The second kappa shape index (κ2) is 5.34. The zero-order valence-corrected chi connectivity index (χ0v) is 13.1. The Hall–Kier alpha value is 0.0200. The van der Waals surface area contributed by atoms with Crippen molar-refractivity contribution in [2.75, 3.05) is 0 Å². The summed E-state index contributed by atoms with van der Waals surface area (Å²) in [5.41, 5.74) is 4.59. The number of nitrogens with one attached hydrogen (secondary N) is 1. The fraction of sp³-hybridized carbons (Fsp3) is 0.417. The lowest BCUT2D eigenvalue weighted by Gasteiger charge is -2.23. The molecule has 1 N–H and O–H groups in total. The monoisotopic (exact) mass is 376 g/mol. The largest absolute Gasteiger partial charge is 0.304 e. The normalized spacial score (nSPS) is 19.2. The van der Waals surface area contributed by atoms with Crippen molar-refractivity contribution in [3.05, 3.63) is 36.0 Å². The van der Waals surface area contributed by atoms with Gasteiger partial charge in [0.2, 0.25) is 0 Å². The van der Waals surface area contributed by atoms with E-state index in [0.717, 1.165) is 12.2 Å². The smallest absolute Gasteiger partial charge is 0.0795 e. The third-order valence-electron chi connectivity index (χ3n) is 3.10. The van der Waals surface area contributed by atoms with E-state index < -0.39 is 0 Å². The third-order valence-corrected chi connectivity index (χ3v) is 5.70. The molecule has 1 unspecified atom stereocenters. The molecule has 3 rings (SSSR count). The van der Waals surface area contributed by atoms with Crippen LogP contribution in [0.5, 0.6) is 0 Å². The maximum Gasteiger partial charge on any atom is 0.0795 e. The maximum absolute atomic E-state index is 4.32. The minimum Gasteiger partial charge on any atom is -0.304 e. The number of thiazole rings is 1. The van der Waals surface area contributed by atoms with E-state index in [2.05, 4.69) is 44.3 Å². The molecule has 2 aromatic rings. The first-order valence-electron chi connectivity index (χ1n) is 5.71. The van der Waals surface area contributed by atoms with Gasteiger partial charge in [-0.3, -0.25) is 0 Å². The van der Waals surface area contributed by atoms with Gasteiger partial charge in [-0.15, -0.1) is 22.7 Å². The summed E-state index contributed by atoms with van der Waals surface area (Å²) in [5, 5.41) is 5.76. The summed E-state index contributed by atoms with van der Waals surface area (Å²) in [6.45, 7) is 0.889. The van der Waals surface area contributed by atoms with Gasteiger partial charge in [0.25, 0.3) is 0 Å². The van der Waals surface area contributed by atoms with Crippen LogP contribution in [-0.4, -0.2) is 4.98 Å². The van der Waals surface area contributed by atoms with Gasteiger partial charge in [-0.1, -0.05) is 0 Å². The Labute approximate surface area is 123 Å². The highest BCUT2D eigenvalue weighted by atomic mass is 127. The fourth-order valence-electron chi connectivity index (χ4n) is 2.29. The molecule has 0 amide bonds. The number of rotatable bonds is 3. The average Bonchev–Trinajstić information content (AvgIpc) is 2.93. The summed E-state index contributed by atoms with van der Waals surface area (Å²) in [7, 11) is 0. The molecule has 2 nitrogen and oxygen atoms in total. The van der Waals surface area contributed by atoms with Gasteiger partial charge in [-0.2, -0.15) is 0 Å². The fourth-order valence-corrected chi connectivity index (χ4v) is 4.96. The highest BCUT2D eigenvalue weighted by Crippen LogP contribution is 2.36. The van der Waals surface area contributed by atoms with Crippen LogP contribution in [0, 0.1) is 2.88 Å². The minimum atomic E-state index is 0.528. The highest BCUT2D eigenvalue weighted by Gasteiger charge is 2.22. The van der Waals surface area contributed by atoms with Crippen molar-refractivity contribution < 1.29 is 0 Å². The molecule has 0 fully saturated rings. The molecule has 0 spiro atoms. The molecule has 1 aliphatic carbocycles. The molecule has 0 bridgehead atoms. The summed E-state index contributed by atoms with van der Waals surface area (Å²) in [6, 6.07) is 2.87. The molecule has 17 heavy (non-hydrogen) atoms. The van der Waals surface area contributed by atoms with Gasteiger partial charge in [0.1, 0.15) is 0 Å². The zero-order chi connectivity index (χ0) is 11.7. The van der Waals surface area contributed by atoms with Crippen molar-refractivity contribution in [3.63, 3.8) is 0 Å². The number of aromatic nitrogens is 1. The average molecular weight is 376 g/mol. The van der Waals surface area contributed by atoms with Crippen LogP contribution in [0.4, 0.5) is 0 Å². The van der Waals surface area contributed by atoms with Crippen LogP contribution >= 0.6 is 45.3 Å². The van der Waals surface area contributed by atoms with Crippen molar-refractivity contribution in [3.8, 4) is 0 Å². The van der Waals surface area contributed by atoms with Gasteiger partial charge in [0.15, 0.2) is 0 Å². The van der Waals surface area contributed by atoms with E-state index in [1.54, 1.807) is 16.2 Å².